The van der Waals surface area contributed by atoms with E-state index in [4.69, 9.17) is 11.6 Å². The first kappa shape index (κ1) is 18.5. The summed E-state index contributed by atoms with van der Waals surface area (Å²) in [5.41, 5.74) is 2.45. The summed E-state index contributed by atoms with van der Waals surface area (Å²) >= 11 is 6.23. The molecule has 1 heterocycles. The topological polar surface area (TPSA) is 62.0 Å². The van der Waals surface area contributed by atoms with Crippen LogP contribution in [0.4, 0.5) is 0 Å². The number of aromatic amines is 1. The molecule has 0 unspecified atom stereocenters. The van der Waals surface area contributed by atoms with E-state index in [2.05, 4.69) is 15.8 Å². The first-order valence-corrected chi connectivity index (χ1v) is 11.2. The van der Waals surface area contributed by atoms with Crippen molar-refractivity contribution in [3.05, 3.63) is 53.6 Å². The highest BCUT2D eigenvalue weighted by Crippen LogP contribution is 2.30. The van der Waals surface area contributed by atoms with E-state index in [1.165, 1.54) is 19.3 Å². The smallest absolute Gasteiger partial charge is 0.242 e. The predicted molar refractivity (Wildman–Crippen MR) is 109 cm³/mol. The molecule has 1 aromatic heterocycles. The molecular weight excluding hydrogens is 380 g/mol. The third kappa shape index (κ3) is 4.05. The molecule has 0 saturated heterocycles. The van der Waals surface area contributed by atoms with Crippen molar-refractivity contribution in [2.24, 2.45) is 5.92 Å². The number of halogens is 1. The summed E-state index contributed by atoms with van der Waals surface area (Å²) in [6.07, 6.45) is 5.77. The lowest BCUT2D eigenvalue weighted by Crippen LogP contribution is -2.30. The number of H-pyrrole nitrogens is 1. The van der Waals surface area contributed by atoms with E-state index in [-0.39, 0.29) is 9.92 Å². The molecular formula is C21H22ClN2O2S. The van der Waals surface area contributed by atoms with E-state index in [0.29, 0.717) is 12.5 Å². The Kier molecular flexibility index (Phi) is 5.26. The molecule has 0 bridgehead atoms. The number of sulfonamides is 1. The standard InChI is InChI=1S/C21H22ClN2O2S/c22-18-11-10-17(20-12-16-8-4-5-9-19(16)24-20)13-21(18)27(25,26)23-14-15-6-2-1-3-7-15/h4-5,8-11,13,15,23-24H,1-3,6-7,14H2. The average molecular weight is 402 g/mol. The van der Waals surface area contributed by atoms with Crippen LogP contribution in [0, 0.1) is 12.0 Å². The van der Waals surface area contributed by atoms with Crippen LogP contribution in [-0.2, 0) is 10.0 Å². The Labute approximate surface area is 165 Å². The number of nitrogens with one attached hydrogen (secondary N) is 2. The predicted octanol–water partition coefficient (Wildman–Crippen LogP) is 5.15. The van der Waals surface area contributed by atoms with Crippen LogP contribution in [0.1, 0.15) is 32.1 Å². The summed E-state index contributed by atoms with van der Waals surface area (Å²) in [5, 5.41) is 1.19. The van der Waals surface area contributed by atoms with Gasteiger partial charge < -0.3 is 4.98 Å². The Morgan fingerprint density at radius 1 is 1.11 bits per heavy atom. The molecule has 141 valence electrons. The number of hydrogen-bond donors (Lipinski definition) is 2. The lowest BCUT2D eigenvalue weighted by atomic mass is 9.90. The van der Waals surface area contributed by atoms with E-state index in [9.17, 15) is 8.42 Å². The molecule has 1 aliphatic carbocycles. The second kappa shape index (κ2) is 7.66. The van der Waals surface area contributed by atoms with Crippen LogP contribution in [0.15, 0.2) is 47.4 Å². The van der Waals surface area contributed by atoms with Gasteiger partial charge in [-0.15, -0.1) is 0 Å². The van der Waals surface area contributed by atoms with Crippen LogP contribution in [0.3, 0.4) is 0 Å². The average Bonchev–Trinajstić information content (AvgIpc) is 3.12. The first-order chi connectivity index (χ1) is 13.0. The molecule has 3 aromatic rings. The fourth-order valence-electron chi connectivity index (χ4n) is 3.71. The maximum absolute atomic E-state index is 12.8. The van der Waals surface area contributed by atoms with E-state index in [1.54, 1.807) is 12.1 Å². The van der Waals surface area contributed by atoms with Crippen LogP contribution in [-0.4, -0.2) is 19.9 Å². The van der Waals surface area contributed by atoms with Crippen molar-refractivity contribution in [1.29, 1.82) is 0 Å². The number of hydrogen-bond acceptors (Lipinski definition) is 2. The Hall–Kier alpha value is -1.82. The van der Waals surface area contributed by atoms with Gasteiger partial charge in [-0.2, -0.15) is 0 Å². The van der Waals surface area contributed by atoms with Crippen LogP contribution >= 0.6 is 11.6 Å². The van der Waals surface area contributed by atoms with E-state index < -0.39 is 10.0 Å². The molecule has 2 aromatic carbocycles. The summed E-state index contributed by atoms with van der Waals surface area (Å²) in [4.78, 5) is 3.40. The van der Waals surface area contributed by atoms with Crippen molar-refractivity contribution in [3.8, 4) is 11.3 Å². The Morgan fingerprint density at radius 3 is 2.67 bits per heavy atom. The van der Waals surface area contributed by atoms with Gasteiger partial charge in [0.25, 0.3) is 0 Å². The summed E-state index contributed by atoms with van der Waals surface area (Å²) in [5.74, 6) is 0.414. The minimum atomic E-state index is -3.66. The molecule has 1 fully saturated rings. The third-order valence-corrected chi connectivity index (χ3v) is 7.15. The van der Waals surface area contributed by atoms with Crippen LogP contribution < -0.4 is 4.72 Å². The van der Waals surface area contributed by atoms with E-state index in [0.717, 1.165) is 35.0 Å². The largest absolute Gasteiger partial charge is 0.354 e. The molecule has 0 amide bonds. The van der Waals surface area contributed by atoms with Crippen molar-refractivity contribution >= 4 is 32.5 Å². The monoisotopic (exact) mass is 401 g/mol. The lowest BCUT2D eigenvalue weighted by Gasteiger charge is -2.21. The van der Waals surface area contributed by atoms with Crippen molar-refractivity contribution in [2.45, 2.75) is 37.0 Å². The van der Waals surface area contributed by atoms with Gasteiger partial charge in [-0.1, -0.05) is 55.1 Å². The van der Waals surface area contributed by atoms with Crippen molar-refractivity contribution < 1.29 is 8.42 Å². The second-order valence-corrected chi connectivity index (χ2v) is 9.31. The Balaban J connectivity index is 1.61. The fraction of sp³-hybridized carbons (Fsp3) is 0.333. The fourth-order valence-corrected chi connectivity index (χ4v) is 5.35. The molecule has 2 N–H and O–H groups in total. The van der Waals surface area contributed by atoms with E-state index >= 15 is 0 Å². The molecule has 0 spiro atoms. The molecule has 6 heteroatoms. The van der Waals surface area contributed by atoms with Gasteiger partial charge in [0, 0.05) is 29.1 Å². The maximum Gasteiger partial charge on any atom is 0.242 e. The molecule has 0 aliphatic heterocycles. The van der Waals surface area contributed by atoms with Gasteiger partial charge in [0.05, 0.1) is 10.7 Å². The zero-order valence-corrected chi connectivity index (χ0v) is 16.5. The summed E-state index contributed by atoms with van der Waals surface area (Å²) < 4.78 is 28.4. The zero-order valence-electron chi connectivity index (χ0n) is 15.0. The normalized spacial score (nSPS) is 16.0. The van der Waals surface area contributed by atoms with Crippen molar-refractivity contribution in [1.82, 2.24) is 9.71 Å². The molecule has 1 radical (unpaired) electrons. The van der Waals surface area contributed by atoms with Gasteiger partial charge in [0.15, 0.2) is 0 Å². The van der Waals surface area contributed by atoms with Gasteiger partial charge in [0.1, 0.15) is 4.90 Å². The number of aromatic nitrogens is 1. The molecule has 27 heavy (non-hydrogen) atoms. The van der Waals surface area contributed by atoms with Gasteiger partial charge in [0.2, 0.25) is 10.0 Å². The molecule has 0 atom stereocenters. The highest BCUT2D eigenvalue weighted by Gasteiger charge is 2.22. The number of para-hydroxylation sites is 1. The molecule has 1 saturated carbocycles. The van der Waals surface area contributed by atoms with Gasteiger partial charge in [-0.3, -0.25) is 0 Å². The molecule has 4 nitrogen and oxygen atoms in total. The number of rotatable bonds is 5. The molecule has 1 aliphatic rings. The number of benzene rings is 2. The summed E-state index contributed by atoms with van der Waals surface area (Å²) in [6.45, 7) is 0.474. The van der Waals surface area contributed by atoms with Gasteiger partial charge in [-0.25, -0.2) is 13.1 Å². The zero-order chi connectivity index (χ0) is 18.9. The third-order valence-electron chi connectivity index (χ3n) is 5.24. The Morgan fingerprint density at radius 2 is 1.89 bits per heavy atom. The van der Waals surface area contributed by atoms with Gasteiger partial charge >= 0.3 is 0 Å². The molecule has 4 rings (SSSR count). The maximum atomic E-state index is 12.8. The quantitative estimate of drug-likeness (QED) is 0.621. The second-order valence-electron chi connectivity index (χ2n) is 7.17. The highest BCUT2D eigenvalue weighted by atomic mass is 35.5. The Bertz CT molecular complexity index is 1020. The van der Waals surface area contributed by atoms with Crippen LogP contribution in [0.5, 0.6) is 0 Å². The first-order valence-electron chi connectivity index (χ1n) is 9.32. The minimum absolute atomic E-state index is 0.115. The van der Waals surface area contributed by atoms with Gasteiger partial charge in [-0.05, 0) is 37.0 Å². The SMILES string of the molecule is O=S(=O)(NCC1CCCCC1)c1cc(-c2[c]c3ccccc3[nH]2)ccc1Cl. The van der Waals surface area contributed by atoms with Crippen molar-refractivity contribution in [2.75, 3.05) is 6.54 Å². The van der Waals surface area contributed by atoms with E-state index in [1.807, 2.05) is 30.3 Å². The summed E-state index contributed by atoms with van der Waals surface area (Å²) in [7, 11) is -3.66. The summed E-state index contributed by atoms with van der Waals surface area (Å²) in [6, 6.07) is 16.2. The lowest BCUT2D eigenvalue weighted by molar-refractivity contribution is 0.357. The number of fused-ring (bicyclic) bond motifs is 1. The van der Waals surface area contributed by atoms with Crippen LogP contribution in [0.25, 0.3) is 22.2 Å². The van der Waals surface area contributed by atoms with Crippen LogP contribution in [0.2, 0.25) is 5.02 Å². The highest BCUT2D eigenvalue weighted by molar-refractivity contribution is 7.89. The van der Waals surface area contributed by atoms with Crippen molar-refractivity contribution in [3.63, 3.8) is 0 Å². The minimum Gasteiger partial charge on any atom is -0.354 e.